The molecule has 0 atom stereocenters. The fourth-order valence-corrected chi connectivity index (χ4v) is 1.68. The highest BCUT2D eigenvalue weighted by molar-refractivity contribution is 5.45. The molecule has 0 saturated heterocycles. The van der Waals surface area contributed by atoms with Crippen LogP contribution in [0.1, 0.15) is 39.2 Å². The van der Waals surface area contributed by atoms with Crippen LogP contribution in [-0.2, 0) is 6.42 Å². The zero-order chi connectivity index (χ0) is 13.6. The smallest absolute Gasteiger partial charge is 0.221 e. The summed E-state index contributed by atoms with van der Waals surface area (Å²) in [7, 11) is 0. The summed E-state index contributed by atoms with van der Waals surface area (Å²) in [4.78, 5) is 8.19. The minimum Gasteiger partial charge on any atom is -0.396 e. The fourth-order valence-electron chi connectivity index (χ4n) is 1.68. The maximum Gasteiger partial charge on any atom is 0.221 e. The number of hydrogen-bond acceptors (Lipinski definition) is 5. The minimum atomic E-state index is -0.0139. The van der Waals surface area contributed by atoms with E-state index in [-0.39, 0.29) is 12.0 Å². The van der Waals surface area contributed by atoms with E-state index in [1.807, 2.05) is 0 Å². The largest absolute Gasteiger partial charge is 0.396 e. The molecule has 0 aromatic carbocycles. The maximum absolute atomic E-state index is 9.17. The van der Waals surface area contributed by atoms with Gasteiger partial charge in [-0.15, -0.1) is 0 Å². The zero-order valence-electron chi connectivity index (χ0n) is 11.5. The van der Waals surface area contributed by atoms with Crippen molar-refractivity contribution in [2.75, 3.05) is 24.2 Å². The molecule has 102 valence electrons. The van der Waals surface area contributed by atoms with E-state index in [4.69, 9.17) is 5.73 Å². The molecule has 1 aromatic rings. The lowest BCUT2D eigenvalue weighted by atomic mass is 9.89. The highest BCUT2D eigenvalue weighted by Gasteiger charge is 2.15. The van der Waals surface area contributed by atoms with Crippen LogP contribution >= 0.6 is 0 Å². The van der Waals surface area contributed by atoms with Gasteiger partial charge >= 0.3 is 0 Å². The van der Waals surface area contributed by atoms with Crippen LogP contribution in [-0.4, -0.2) is 28.2 Å². The van der Waals surface area contributed by atoms with Gasteiger partial charge in [-0.1, -0.05) is 20.8 Å². The Hall–Kier alpha value is -1.36. The molecule has 1 heterocycles. The van der Waals surface area contributed by atoms with E-state index in [1.54, 1.807) is 6.20 Å². The van der Waals surface area contributed by atoms with Crippen LogP contribution < -0.4 is 11.1 Å². The van der Waals surface area contributed by atoms with Crippen molar-refractivity contribution >= 4 is 11.8 Å². The van der Waals surface area contributed by atoms with E-state index in [1.165, 1.54) is 0 Å². The molecule has 4 N–H and O–H groups in total. The lowest BCUT2D eigenvalue weighted by molar-refractivity contribution is 0.149. The van der Waals surface area contributed by atoms with Gasteiger partial charge in [0, 0.05) is 24.9 Å². The summed E-state index contributed by atoms with van der Waals surface area (Å²) < 4.78 is 0. The second-order valence-electron chi connectivity index (χ2n) is 5.31. The van der Waals surface area contributed by atoms with Crippen LogP contribution in [0.3, 0.4) is 0 Å². The molecule has 0 spiro atoms. The standard InChI is InChI=1S/C13H24N4O/c1-4-10-8-16-12(14)17-11(10)15-7-5-6-13(2,3)9-18/h8,18H,4-7,9H2,1-3H3,(H3,14,15,16,17). The third kappa shape index (κ3) is 4.49. The molecule has 0 aliphatic heterocycles. The molecular weight excluding hydrogens is 228 g/mol. The minimum absolute atomic E-state index is 0.0139. The first-order valence-electron chi connectivity index (χ1n) is 6.44. The van der Waals surface area contributed by atoms with E-state index in [0.717, 1.165) is 37.2 Å². The Balaban J connectivity index is 2.46. The normalized spacial score (nSPS) is 11.6. The molecule has 18 heavy (non-hydrogen) atoms. The Kier molecular flexibility index (Phi) is 5.34. The summed E-state index contributed by atoms with van der Waals surface area (Å²) in [6.45, 7) is 7.23. The van der Waals surface area contributed by atoms with E-state index >= 15 is 0 Å². The van der Waals surface area contributed by atoms with Crippen molar-refractivity contribution in [3.63, 3.8) is 0 Å². The summed E-state index contributed by atoms with van der Waals surface area (Å²) >= 11 is 0. The number of aryl methyl sites for hydroxylation is 1. The highest BCUT2D eigenvalue weighted by Crippen LogP contribution is 2.21. The predicted molar refractivity (Wildman–Crippen MR) is 74.4 cm³/mol. The lowest BCUT2D eigenvalue weighted by Gasteiger charge is -2.21. The van der Waals surface area contributed by atoms with E-state index in [2.05, 4.69) is 36.1 Å². The lowest BCUT2D eigenvalue weighted by Crippen LogP contribution is -2.18. The number of nitrogens with two attached hydrogens (primary N) is 1. The molecule has 0 unspecified atom stereocenters. The van der Waals surface area contributed by atoms with Gasteiger partial charge in [-0.3, -0.25) is 0 Å². The Bertz CT molecular complexity index is 379. The number of nitrogen functional groups attached to an aromatic ring is 1. The van der Waals surface area contributed by atoms with Crippen molar-refractivity contribution in [2.45, 2.75) is 40.0 Å². The number of nitrogens with one attached hydrogen (secondary N) is 1. The second kappa shape index (κ2) is 6.54. The maximum atomic E-state index is 9.17. The third-order valence-electron chi connectivity index (χ3n) is 3.01. The summed E-state index contributed by atoms with van der Waals surface area (Å²) in [5, 5.41) is 12.5. The second-order valence-corrected chi connectivity index (χ2v) is 5.31. The fraction of sp³-hybridized carbons (Fsp3) is 0.692. The molecular formula is C13H24N4O. The number of hydrogen-bond donors (Lipinski definition) is 3. The van der Waals surface area contributed by atoms with Gasteiger partial charge in [-0.2, -0.15) is 4.98 Å². The number of aliphatic hydroxyl groups excluding tert-OH is 1. The van der Waals surface area contributed by atoms with Gasteiger partial charge in [0.2, 0.25) is 5.95 Å². The molecule has 0 fully saturated rings. The van der Waals surface area contributed by atoms with Gasteiger partial charge in [0.1, 0.15) is 5.82 Å². The summed E-state index contributed by atoms with van der Waals surface area (Å²) in [5.41, 5.74) is 6.64. The average Bonchev–Trinajstić information content (AvgIpc) is 2.35. The molecule has 1 aromatic heterocycles. The average molecular weight is 252 g/mol. The molecule has 0 aliphatic rings. The molecule has 0 amide bonds. The quantitative estimate of drug-likeness (QED) is 0.645. The van der Waals surface area contributed by atoms with Gasteiger partial charge in [0.15, 0.2) is 0 Å². The highest BCUT2D eigenvalue weighted by atomic mass is 16.3. The number of aromatic nitrogens is 2. The van der Waals surface area contributed by atoms with Crippen LogP contribution in [0.15, 0.2) is 6.20 Å². The van der Waals surface area contributed by atoms with Crippen molar-refractivity contribution in [1.82, 2.24) is 9.97 Å². The molecule has 1 rings (SSSR count). The summed E-state index contributed by atoms with van der Waals surface area (Å²) in [5.74, 6) is 1.12. The van der Waals surface area contributed by atoms with Crippen LogP contribution in [0.4, 0.5) is 11.8 Å². The van der Waals surface area contributed by atoms with Crippen LogP contribution in [0.2, 0.25) is 0 Å². The molecule has 0 radical (unpaired) electrons. The van der Waals surface area contributed by atoms with E-state index < -0.39 is 0 Å². The van der Waals surface area contributed by atoms with Crippen LogP contribution in [0.25, 0.3) is 0 Å². The summed E-state index contributed by atoms with van der Waals surface area (Å²) in [6, 6.07) is 0. The first kappa shape index (κ1) is 14.7. The summed E-state index contributed by atoms with van der Waals surface area (Å²) in [6.07, 6.45) is 4.60. The Morgan fingerprint density at radius 3 is 2.78 bits per heavy atom. The van der Waals surface area contributed by atoms with Crippen molar-refractivity contribution in [3.05, 3.63) is 11.8 Å². The number of anilines is 2. The Morgan fingerprint density at radius 2 is 2.17 bits per heavy atom. The first-order chi connectivity index (χ1) is 8.48. The van der Waals surface area contributed by atoms with E-state index in [9.17, 15) is 5.11 Å². The van der Waals surface area contributed by atoms with Gasteiger partial charge in [-0.25, -0.2) is 4.98 Å². The number of aliphatic hydroxyl groups is 1. The van der Waals surface area contributed by atoms with Crippen molar-refractivity contribution < 1.29 is 5.11 Å². The predicted octanol–water partition coefficient (Wildman–Crippen LogP) is 1.83. The van der Waals surface area contributed by atoms with Crippen molar-refractivity contribution in [2.24, 2.45) is 5.41 Å². The van der Waals surface area contributed by atoms with E-state index in [0.29, 0.717) is 5.95 Å². The molecule has 5 heteroatoms. The SMILES string of the molecule is CCc1cnc(N)nc1NCCCC(C)(C)CO. The number of nitrogens with zero attached hydrogens (tertiary/aromatic N) is 2. The number of rotatable bonds is 7. The Labute approximate surface area is 109 Å². The first-order valence-corrected chi connectivity index (χ1v) is 6.44. The molecule has 0 aliphatic carbocycles. The monoisotopic (exact) mass is 252 g/mol. The molecule has 5 nitrogen and oxygen atoms in total. The van der Waals surface area contributed by atoms with Gasteiger partial charge < -0.3 is 16.2 Å². The van der Waals surface area contributed by atoms with Crippen molar-refractivity contribution in [3.8, 4) is 0 Å². The topological polar surface area (TPSA) is 84.1 Å². The van der Waals surface area contributed by atoms with Crippen LogP contribution in [0.5, 0.6) is 0 Å². The third-order valence-corrected chi connectivity index (χ3v) is 3.01. The van der Waals surface area contributed by atoms with Gasteiger partial charge in [0.05, 0.1) is 0 Å². The molecule has 0 bridgehead atoms. The molecule has 0 saturated carbocycles. The Morgan fingerprint density at radius 1 is 1.44 bits per heavy atom. The van der Waals surface area contributed by atoms with Crippen LogP contribution in [0, 0.1) is 5.41 Å². The zero-order valence-corrected chi connectivity index (χ0v) is 11.5. The van der Waals surface area contributed by atoms with Gasteiger partial charge in [-0.05, 0) is 24.7 Å². The van der Waals surface area contributed by atoms with Crippen molar-refractivity contribution in [1.29, 1.82) is 0 Å². The van der Waals surface area contributed by atoms with Gasteiger partial charge in [0.25, 0.3) is 0 Å².